The van der Waals surface area contributed by atoms with Crippen molar-refractivity contribution < 1.29 is 9.53 Å². The number of nitrogens with one attached hydrogen (secondary N) is 2. The lowest BCUT2D eigenvalue weighted by Gasteiger charge is -2.17. The minimum Gasteiger partial charge on any atom is -0.466 e. The van der Waals surface area contributed by atoms with Crippen molar-refractivity contribution in [1.29, 1.82) is 0 Å². The van der Waals surface area contributed by atoms with Crippen LogP contribution in [0.1, 0.15) is 62.5 Å². The molecule has 0 saturated carbocycles. The third kappa shape index (κ3) is 4.43. The van der Waals surface area contributed by atoms with Gasteiger partial charge in [0.05, 0.1) is 6.61 Å². The van der Waals surface area contributed by atoms with Gasteiger partial charge in [-0.05, 0) is 43.0 Å². The smallest absolute Gasteiger partial charge is 0.305 e. The number of aromatic amines is 2. The molecule has 0 spiro atoms. The van der Waals surface area contributed by atoms with E-state index in [-0.39, 0.29) is 5.97 Å². The molecule has 30 heavy (non-hydrogen) atoms. The molecule has 156 valence electrons. The molecule has 4 heteroatoms. The molecule has 0 radical (unpaired) electrons. The third-order valence-corrected chi connectivity index (χ3v) is 5.92. The van der Waals surface area contributed by atoms with Crippen LogP contribution in [-0.2, 0) is 9.53 Å². The first-order valence-electron chi connectivity index (χ1n) is 11.1. The summed E-state index contributed by atoms with van der Waals surface area (Å²) in [5.41, 5.74) is 5.10. The van der Waals surface area contributed by atoms with Crippen LogP contribution in [0.25, 0.3) is 21.8 Å². The lowest BCUT2D eigenvalue weighted by atomic mass is 9.86. The van der Waals surface area contributed by atoms with Gasteiger partial charge in [-0.3, -0.25) is 4.79 Å². The van der Waals surface area contributed by atoms with E-state index in [1.54, 1.807) is 0 Å². The van der Waals surface area contributed by atoms with Gasteiger partial charge in [0.15, 0.2) is 0 Å². The molecule has 4 rings (SSSR count). The van der Waals surface area contributed by atoms with Gasteiger partial charge in [-0.1, -0.05) is 55.7 Å². The van der Waals surface area contributed by atoms with Crippen molar-refractivity contribution >= 4 is 27.8 Å². The van der Waals surface area contributed by atoms with Gasteiger partial charge in [0.25, 0.3) is 0 Å². The molecule has 0 bridgehead atoms. The maximum absolute atomic E-state index is 11.5. The van der Waals surface area contributed by atoms with Crippen LogP contribution in [0.4, 0.5) is 0 Å². The Morgan fingerprint density at radius 3 is 2.00 bits per heavy atom. The number of fused-ring (bicyclic) bond motifs is 2. The van der Waals surface area contributed by atoms with Crippen LogP contribution >= 0.6 is 0 Å². The number of ether oxygens (including phenoxy) is 1. The summed E-state index contributed by atoms with van der Waals surface area (Å²) in [7, 11) is 0. The molecular weight excluding hydrogens is 372 g/mol. The molecule has 0 saturated heterocycles. The second-order valence-corrected chi connectivity index (χ2v) is 7.89. The molecule has 4 aromatic rings. The molecule has 0 aliphatic rings. The number of aromatic nitrogens is 2. The van der Waals surface area contributed by atoms with E-state index >= 15 is 0 Å². The molecule has 0 aliphatic heterocycles. The van der Waals surface area contributed by atoms with Gasteiger partial charge < -0.3 is 14.7 Å². The maximum Gasteiger partial charge on any atom is 0.305 e. The average Bonchev–Trinajstić information content (AvgIpc) is 3.38. The molecule has 2 aromatic heterocycles. The summed E-state index contributed by atoms with van der Waals surface area (Å²) < 4.78 is 5.02. The Balaban J connectivity index is 1.50. The van der Waals surface area contributed by atoms with Crippen LogP contribution in [-0.4, -0.2) is 22.5 Å². The van der Waals surface area contributed by atoms with E-state index in [9.17, 15) is 4.79 Å². The van der Waals surface area contributed by atoms with Gasteiger partial charge in [-0.25, -0.2) is 0 Å². The van der Waals surface area contributed by atoms with Crippen molar-refractivity contribution in [3.05, 3.63) is 72.1 Å². The van der Waals surface area contributed by atoms with Gasteiger partial charge in [0.1, 0.15) is 0 Å². The Bertz CT molecular complexity index is 1030. The second kappa shape index (κ2) is 9.66. The van der Waals surface area contributed by atoms with Gasteiger partial charge in [-0.15, -0.1) is 0 Å². The summed E-state index contributed by atoms with van der Waals surface area (Å²) in [5, 5.41) is 2.60. The molecule has 2 heterocycles. The van der Waals surface area contributed by atoms with E-state index in [1.807, 2.05) is 6.92 Å². The van der Waals surface area contributed by atoms with Crippen LogP contribution in [0.15, 0.2) is 60.9 Å². The Labute approximate surface area is 177 Å². The number of esters is 1. The van der Waals surface area contributed by atoms with Crippen LogP contribution in [0.2, 0.25) is 0 Å². The highest BCUT2D eigenvalue weighted by Crippen LogP contribution is 2.38. The number of para-hydroxylation sites is 2. The fraction of sp³-hybridized carbons (Fsp3) is 0.346. The summed E-state index contributed by atoms with van der Waals surface area (Å²) in [6.07, 6.45) is 10.2. The number of unbranched alkanes of at least 4 members (excludes halogenated alkanes) is 3. The predicted molar refractivity (Wildman–Crippen MR) is 123 cm³/mol. The topological polar surface area (TPSA) is 57.9 Å². The van der Waals surface area contributed by atoms with Crippen molar-refractivity contribution in [2.45, 2.75) is 51.4 Å². The average molecular weight is 403 g/mol. The summed E-state index contributed by atoms with van der Waals surface area (Å²) in [6, 6.07) is 17.1. The normalized spacial score (nSPS) is 11.5. The molecule has 0 unspecified atom stereocenters. The monoisotopic (exact) mass is 402 g/mol. The molecule has 0 aliphatic carbocycles. The zero-order valence-corrected chi connectivity index (χ0v) is 17.6. The highest BCUT2D eigenvalue weighted by Gasteiger charge is 2.20. The molecule has 4 nitrogen and oxygen atoms in total. The quantitative estimate of drug-likeness (QED) is 0.229. The lowest BCUT2D eigenvalue weighted by Crippen LogP contribution is -2.03. The SMILES string of the molecule is CCOC(=O)CCCCCCC(c1c[nH]c2ccccc12)c1c[nH]c2ccccc12. The number of rotatable bonds is 10. The zero-order valence-electron chi connectivity index (χ0n) is 17.6. The predicted octanol–water partition coefficient (Wildman–Crippen LogP) is 6.68. The standard InChI is InChI=1S/C26H30N2O2/c1-2-30-26(29)16-6-4-3-5-11-19(22-17-27-24-14-9-7-12-20(22)24)23-18-28-25-15-10-8-13-21(23)25/h7-10,12-15,17-19,27-28H,2-6,11,16H2,1H3. The Hall–Kier alpha value is -3.01. The highest BCUT2D eigenvalue weighted by molar-refractivity contribution is 5.88. The summed E-state index contributed by atoms with van der Waals surface area (Å²) >= 11 is 0. The number of hydrogen-bond acceptors (Lipinski definition) is 2. The van der Waals surface area contributed by atoms with Crippen LogP contribution in [0.5, 0.6) is 0 Å². The molecule has 0 fully saturated rings. The van der Waals surface area contributed by atoms with Crippen LogP contribution < -0.4 is 0 Å². The van der Waals surface area contributed by atoms with Crippen molar-refractivity contribution in [2.75, 3.05) is 6.61 Å². The van der Waals surface area contributed by atoms with Crippen molar-refractivity contribution in [1.82, 2.24) is 9.97 Å². The lowest BCUT2D eigenvalue weighted by molar-refractivity contribution is -0.143. The number of hydrogen-bond donors (Lipinski definition) is 2. The van der Waals surface area contributed by atoms with E-state index in [0.717, 1.165) is 32.1 Å². The minimum atomic E-state index is -0.0760. The van der Waals surface area contributed by atoms with Gasteiger partial charge in [-0.2, -0.15) is 0 Å². The minimum absolute atomic E-state index is 0.0760. The fourth-order valence-corrected chi connectivity index (χ4v) is 4.45. The summed E-state index contributed by atoms with van der Waals surface area (Å²) in [5.74, 6) is 0.260. The molecule has 0 atom stereocenters. The van der Waals surface area contributed by atoms with Crippen molar-refractivity contribution in [3.8, 4) is 0 Å². The van der Waals surface area contributed by atoms with E-state index in [1.165, 1.54) is 32.9 Å². The highest BCUT2D eigenvalue weighted by atomic mass is 16.5. The molecule has 2 N–H and O–H groups in total. The summed E-state index contributed by atoms with van der Waals surface area (Å²) in [6.45, 7) is 2.32. The first kappa shape index (κ1) is 20.3. The largest absolute Gasteiger partial charge is 0.466 e. The zero-order chi connectivity index (χ0) is 20.8. The number of H-pyrrole nitrogens is 2. The van der Waals surface area contributed by atoms with Gasteiger partial charge in [0, 0.05) is 46.5 Å². The maximum atomic E-state index is 11.5. The Kier molecular flexibility index (Phi) is 6.53. The first-order chi connectivity index (χ1) is 14.8. The van der Waals surface area contributed by atoms with Crippen molar-refractivity contribution in [3.63, 3.8) is 0 Å². The van der Waals surface area contributed by atoms with E-state index < -0.39 is 0 Å². The Morgan fingerprint density at radius 1 is 0.833 bits per heavy atom. The molecular formula is C26H30N2O2. The van der Waals surface area contributed by atoms with E-state index in [2.05, 4.69) is 70.9 Å². The number of carbonyl (C=O) groups is 1. The van der Waals surface area contributed by atoms with E-state index in [0.29, 0.717) is 18.9 Å². The van der Waals surface area contributed by atoms with Crippen molar-refractivity contribution in [2.24, 2.45) is 0 Å². The first-order valence-corrected chi connectivity index (χ1v) is 11.1. The van der Waals surface area contributed by atoms with Gasteiger partial charge >= 0.3 is 5.97 Å². The third-order valence-electron chi connectivity index (χ3n) is 5.92. The van der Waals surface area contributed by atoms with Crippen LogP contribution in [0, 0.1) is 0 Å². The van der Waals surface area contributed by atoms with Crippen LogP contribution in [0.3, 0.4) is 0 Å². The molecule has 2 aromatic carbocycles. The second-order valence-electron chi connectivity index (χ2n) is 7.89. The Morgan fingerprint density at radius 2 is 1.40 bits per heavy atom. The number of benzene rings is 2. The number of carbonyl (C=O) groups excluding carboxylic acids is 1. The summed E-state index contributed by atoms with van der Waals surface area (Å²) in [4.78, 5) is 18.4. The molecule has 0 amide bonds. The van der Waals surface area contributed by atoms with E-state index in [4.69, 9.17) is 4.74 Å². The fourth-order valence-electron chi connectivity index (χ4n) is 4.45. The van der Waals surface area contributed by atoms with Gasteiger partial charge in [0.2, 0.25) is 0 Å².